The molecular weight excluding hydrogens is 336 g/mol. The van der Waals surface area contributed by atoms with Crippen LogP contribution in [0.1, 0.15) is 44.1 Å². The van der Waals surface area contributed by atoms with Crippen molar-refractivity contribution in [2.75, 3.05) is 6.54 Å². The van der Waals surface area contributed by atoms with Crippen LogP contribution < -0.4 is 10.6 Å². The zero-order valence-corrected chi connectivity index (χ0v) is 15.1. The van der Waals surface area contributed by atoms with Gasteiger partial charge in [-0.2, -0.15) is 0 Å². The summed E-state index contributed by atoms with van der Waals surface area (Å²) in [7, 11) is 0. The van der Waals surface area contributed by atoms with Crippen molar-refractivity contribution in [3.05, 3.63) is 34.9 Å². The minimum Gasteiger partial charge on any atom is -0.350 e. The smallest absolute Gasteiger partial charge is 0.239 e. The van der Waals surface area contributed by atoms with Crippen molar-refractivity contribution in [2.24, 2.45) is 23.2 Å². The third kappa shape index (κ3) is 3.55. The first-order valence-electron chi connectivity index (χ1n) is 9.32. The Hall–Kier alpha value is -1.55. The Balaban J connectivity index is 1.28. The molecule has 134 valence electrons. The van der Waals surface area contributed by atoms with Crippen LogP contribution in [0.5, 0.6) is 0 Å². The fraction of sp³-hybridized carbons (Fsp3) is 0.600. The molecule has 1 aromatic carbocycles. The van der Waals surface area contributed by atoms with Crippen molar-refractivity contribution < 1.29 is 9.59 Å². The summed E-state index contributed by atoms with van der Waals surface area (Å²) in [5.41, 5.74) is 0.760. The molecule has 2 amide bonds. The molecule has 1 aromatic rings. The number of benzene rings is 1. The van der Waals surface area contributed by atoms with Gasteiger partial charge in [-0.25, -0.2) is 0 Å². The van der Waals surface area contributed by atoms with Gasteiger partial charge in [-0.15, -0.1) is 0 Å². The van der Waals surface area contributed by atoms with Gasteiger partial charge in [0.2, 0.25) is 11.8 Å². The molecule has 4 saturated carbocycles. The summed E-state index contributed by atoms with van der Waals surface area (Å²) < 4.78 is 0. The van der Waals surface area contributed by atoms with Gasteiger partial charge >= 0.3 is 0 Å². The van der Waals surface area contributed by atoms with Crippen LogP contribution in [-0.4, -0.2) is 18.4 Å². The van der Waals surface area contributed by atoms with E-state index in [9.17, 15) is 9.59 Å². The van der Waals surface area contributed by atoms with E-state index in [1.807, 2.05) is 18.2 Å². The zero-order chi connectivity index (χ0) is 17.4. The molecule has 0 aliphatic heterocycles. The van der Waals surface area contributed by atoms with Crippen molar-refractivity contribution in [2.45, 2.75) is 45.1 Å². The third-order valence-electron chi connectivity index (χ3n) is 6.31. The molecule has 4 aliphatic carbocycles. The van der Waals surface area contributed by atoms with E-state index < -0.39 is 0 Å². The first-order valence-corrected chi connectivity index (χ1v) is 9.70. The lowest BCUT2D eigenvalue weighted by molar-refractivity contribution is -0.147. The predicted molar refractivity (Wildman–Crippen MR) is 96.9 cm³/mol. The van der Waals surface area contributed by atoms with Crippen LogP contribution in [0.25, 0.3) is 0 Å². The van der Waals surface area contributed by atoms with Gasteiger partial charge in [0.15, 0.2) is 0 Å². The molecule has 2 N–H and O–H groups in total. The summed E-state index contributed by atoms with van der Waals surface area (Å²) in [4.78, 5) is 24.9. The Kier molecular flexibility index (Phi) is 4.48. The summed E-state index contributed by atoms with van der Waals surface area (Å²) >= 11 is 5.94. The zero-order valence-electron chi connectivity index (χ0n) is 14.4. The monoisotopic (exact) mass is 360 g/mol. The van der Waals surface area contributed by atoms with Gasteiger partial charge < -0.3 is 10.6 Å². The van der Waals surface area contributed by atoms with Crippen molar-refractivity contribution in [1.29, 1.82) is 0 Å². The normalized spacial score (nSPS) is 32.4. The lowest BCUT2D eigenvalue weighted by Gasteiger charge is -2.55. The van der Waals surface area contributed by atoms with Crippen LogP contribution in [0, 0.1) is 23.2 Å². The fourth-order valence-corrected chi connectivity index (χ4v) is 5.86. The van der Waals surface area contributed by atoms with E-state index in [2.05, 4.69) is 10.6 Å². The van der Waals surface area contributed by atoms with Gasteiger partial charge in [0, 0.05) is 17.0 Å². The molecule has 0 spiro atoms. The Labute approximate surface area is 153 Å². The number of rotatable bonds is 5. The quantitative estimate of drug-likeness (QED) is 0.846. The van der Waals surface area contributed by atoms with Crippen LogP contribution in [0.15, 0.2) is 24.3 Å². The average Bonchev–Trinajstić information content (AvgIpc) is 2.56. The first-order chi connectivity index (χ1) is 12.0. The minimum absolute atomic E-state index is 0.0567. The lowest BCUT2D eigenvalue weighted by Crippen LogP contribution is -2.54. The van der Waals surface area contributed by atoms with Gasteiger partial charge in [-0.3, -0.25) is 9.59 Å². The number of nitrogens with one attached hydrogen (secondary N) is 2. The molecule has 4 aliphatic rings. The number of amides is 2. The van der Waals surface area contributed by atoms with E-state index >= 15 is 0 Å². The van der Waals surface area contributed by atoms with Crippen LogP contribution in [-0.2, 0) is 16.1 Å². The average molecular weight is 361 g/mol. The van der Waals surface area contributed by atoms with Crippen molar-refractivity contribution >= 4 is 23.4 Å². The fourth-order valence-electron chi connectivity index (χ4n) is 5.65. The van der Waals surface area contributed by atoms with Gasteiger partial charge in [0.25, 0.3) is 0 Å². The van der Waals surface area contributed by atoms with E-state index in [0.717, 1.165) is 42.6 Å². The van der Waals surface area contributed by atoms with E-state index in [1.54, 1.807) is 6.07 Å². The van der Waals surface area contributed by atoms with Crippen LogP contribution >= 0.6 is 11.6 Å². The molecular formula is C20H25ClN2O2. The molecule has 0 radical (unpaired) electrons. The van der Waals surface area contributed by atoms with Crippen molar-refractivity contribution in [3.8, 4) is 0 Å². The number of halogens is 1. The standard InChI is InChI=1S/C20H25ClN2O2/c21-17-3-1-2-13(7-17)11-22-18(24)12-23-19(25)20-8-14-4-15(9-20)6-16(5-14)10-20/h1-3,7,14-16H,4-6,8-12H2,(H,22,24)(H,23,25). The number of hydrogen-bond donors (Lipinski definition) is 2. The van der Waals surface area contributed by atoms with E-state index in [0.29, 0.717) is 11.6 Å². The maximum absolute atomic E-state index is 12.8. The predicted octanol–water partition coefficient (Wildman–Crippen LogP) is 3.29. The second kappa shape index (κ2) is 6.64. The molecule has 4 nitrogen and oxygen atoms in total. The van der Waals surface area contributed by atoms with Crippen LogP contribution in [0.2, 0.25) is 5.02 Å². The maximum Gasteiger partial charge on any atom is 0.239 e. The summed E-state index contributed by atoms with van der Waals surface area (Å²) in [6.45, 7) is 0.480. The SMILES string of the molecule is O=C(CNC(=O)C12CC3CC(CC(C3)C1)C2)NCc1cccc(Cl)c1. The summed E-state index contributed by atoms with van der Waals surface area (Å²) in [6, 6.07) is 7.41. The Bertz CT molecular complexity index is 653. The van der Waals surface area contributed by atoms with Crippen LogP contribution in [0.3, 0.4) is 0 Å². The first kappa shape index (κ1) is 16.9. The molecule has 25 heavy (non-hydrogen) atoms. The molecule has 5 heteroatoms. The highest BCUT2D eigenvalue weighted by molar-refractivity contribution is 6.30. The molecule has 4 bridgehead atoms. The summed E-state index contributed by atoms with van der Waals surface area (Å²) in [6.07, 6.45) is 7.00. The third-order valence-corrected chi connectivity index (χ3v) is 6.54. The second-order valence-electron chi connectivity index (χ2n) is 8.29. The summed E-state index contributed by atoms with van der Waals surface area (Å²) in [5.74, 6) is 2.14. The van der Waals surface area contributed by atoms with Gasteiger partial charge in [-0.1, -0.05) is 23.7 Å². The van der Waals surface area contributed by atoms with Crippen molar-refractivity contribution in [1.82, 2.24) is 10.6 Å². The molecule has 0 unspecified atom stereocenters. The van der Waals surface area contributed by atoms with Crippen LogP contribution in [0.4, 0.5) is 0 Å². The topological polar surface area (TPSA) is 58.2 Å². The molecule has 0 atom stereocenters. The largest absolute Gasteiger partial charge is 0.350 e. The highest BCUT2D eigenvalue weighted by Gasteiger charge is 2.54. The number of carbonyl (C=O) groups is 2. The maximum atomic E-state index is 12.8. The Morgan fingerprint density at radius 3 is 2.28 bits per heavy atom. The van der Waals surface area contributed by atoms with E-state index in [4.69, 9.17) is 11.6 Å². The molecule has 5 rings (SSSR count). The van der Waals surface area contributed by atoms with E-state index in [-0.39, 0.29) is 23.8 Å². The van der Waals surface area contributed by atoms with Gasteiger partial charge in [0.1, 0.15) is 0 Å². The molecule has 0 saturated heterocycles. The minimum atomic E-state index is -0.192. The molecule has 0 aromatic heterocycles. The highest BCUT2D eigenvalue weighted by Crippen LogP contribution is 2.60. The molecule has 0 heterocycles. The molecule has 4 fully saturated rings. The summed E-state index contributed by atoms with van der Waals surface area (Å²) in [5, 5.41) is 6.41. The Morgan fingerprint density at radius 1 is 1.04 bits per heavy atom. The Morgan fingerprint density at radius 2 is 1.68 bits per heavy atom. The van der Waals surface area contributed by atoms with Crippen molar-refractivity contribution in [3.63, 3.8) is 0 Å². The highest BCUT2D eigenvalue weighted by atomic mass is 35.5. The lowest BCUT2D eigenvalue weighted by atomic mass is 9.49. The van der Waals surface area contributed by atoms with E-state index in [1.165, 1.54) is 19.3 Å². The van der Waals surface area contributed by atoms with Gasteiger partial charge in [-0.05, 0) is 74.0 Å². The van der Waals surface area contributed by atoms with Gasteiger partial charge in [0.05, 0.1) is 6.54 Å². The number of carbonyl (C=O) groups excluding carboxylic acids is 2. The second-order valence-corrected chi connectivity index (χ2v) is 8.72. The number of hydrogen-bond acceptors (Lipinski definition) is 2.